The second-order valence-electron chi connectivity index (χ2n) is 5.75. The molecule has 0 radical (unpaired) electrons. The summed E-state index contributed by atoms with van der Waals surface area (Å²) in [5, 5.41) is 0.748. The van der Waals surface area contributed by atoms with E-state index in [1.165, 1.54) is 17.4 Å². The number of thiazole rings is 1. The van der Waals surface area contributed by atoms with E-state index in [1.54, 1.807) is 13.2 Å². The molecule has 0 fully saturated rings. The van der Waals surface area contributed by atoms with Crippen molar-refractivity contribution in [3.8, 4) is 22.1 Å². The number of hydrogen-bond acceptors (Lipinski definition) is 4. The zero-order chi connectivity index (χ0) is 17.9. The van der Waals surface area contributed by atoms with Gasteiger partial charge in [0, 0.05) is 5.56 Å². The van der Waals surface area contributed by atoms with Gasteiger partial charge in [-0.3, -0.25) is 0 Å². The van der Waals surface area contributed by atoms with Gasteiger partial charge >= 0.3 is 0 Å². The van der Waals surface area contributed by atoms with Gasteiger partial charge in [-0.05, 0) is 35.9 Å². The first-order valence-electron chi connectivity index (χ1n) is 8.15. The van der Waals surface area contributed by atoms with Crippen LogP contribution >= 0.6 is 11.3 Å². The van der Waals surface area contributed by atoms with E-state index in [9.17, 15) is 4.39 Å². The van der Waals surface area contributed by atoms with Gasteiger partial charge in [-0.1, -0.05) is 36.4 Å². The minimum Gasteiger partial charge on any atom is -0.493 e. The number of hydrogen-bond donors (Lipinski definition) is 0. The van der Waals surface area contributed by atoms with Gasteiger partial charge in [-0.2, -0.15) is 0 Å². The fourth-order valence-electron chi connectivity index (χ4n) is 2.70. The molecular weight excluding hydrogens is 349 g/mol. The van der Waals surface area contributed by atoms with E-state index >= 15 is 0 Å². The zero-order valence-electron chi connectivity index (χ0n) is 14.1. The molecule has 0 aliphatic heterocycles. The standard InChI is InChI=1S/C21H16FNO2S/c1-24-17-11-10-15(12-18(17)25-13-14-6-3-2-4-7-14)21-23-20-16(22)8-5-9-19(20)26-21/h2-12H,13H2,1H3. The Balaban J connectivity index is 1.67. The lowest BCUT2D eigenvalue weighted by atomic mass is 10.2. The largest absolute Gasteiger partial charge is 0.493 e. The van der Waals surface area contributed by atoms with Gasteiger partial charge < -0.3 is 9.47 Å². The summed E-state index contributed by atoms with van der Waals surface area (Å²) < 4.78 is 26.1. The van der Waals surface area contributed by atoms with Gasteiger partial charge in [-0.15, -0.1) is 11.3 Å². The molecule has 3 nitrogen and oxygen atoms in total. The molecule has 4 aromatic rings. The number of benzene rings is 3. The number of nitrogens with zero attached hydrogens (tertiary/aromatic N) is 1. The first kappa shape index (κ1) is 16.5. The maximum absolute atomic E-state index is 13.9. The molecule has 0 N–H and O–H groups in total. The second kappa shape index (κ2) is 7.14. The lowest BCUT2D eigenvalue weighted by Gasteiger charge is -2.12. The molecule has 0 saturated heterocycles. The topological polar surface area (TPSA) is 31.4 Å². The van der Waals surface area contributed by atoms with Crippen LogP contribution in [0.1, 0.15) is 5.56 Å². The van der Waals surface area contributed by atoms with Crippen LogP contribution in [0.15, 0.2) is 66.7 Å². The van der Waals surface area contributed by atoms with E-state index in [1.807, 2.05) is 54.6 Å². The van der Waals surface area contributed by atoms with Crippen LogP contribution in [0.5, 0.6) is 11.5 Å². The molecular formula is C21H16FNO2S. The average molecular weight is 365 g/mol. The molecule has 0 bridgehead atoms. The molecule has 0 spiro atoms. The number of halogens is 1. The van der Waals surface area contributed by atoms with E-state index in [0.717, 1.165) is 20.8 Å². The number of ether oxygens (including phenoxy) is 2. The maximum Gasteiger partial charge on any atom is 0.162 e. The third-order valence-corrected chi connectivity index (χ3v) is 5.09. The Hall–Kier alpha value is -2.92. The lowest BCUT2D eigenvalue weighted by Crippen LogP contribution is -1.97. The molecule has 3 aromatic carbocycles. The van der Waals surface area contributed by atoms with E-state index in [2.05, 4.69) is 4.98 Å². The van der Waals surface area contributed by atoms with Crippen molar-refractivity contribution in [3.63, 3.8) is 0 Å². The van der Waals surface area contributed by atoms with Crippen molar-refractivity contribution in [2.75, 3.05) is 7.11 Å². The number of aromatic nitrogens is 1. The highest BCUT2D eigenvalue weighted by molar-refractivity contribution is 7.21. The SMILES string of the molecule is COc1ccc(-c2nc3c(F)cccc3s2)cc1OCc1ccccc1. The summed E-state index contributed by atoms with van der Waals surface area (Å²) in [6.45, 7) is 0.440. The smallest absolute Gasteiger partial charge is 0.162 e. The summed E-state index contributed by atoms with van der Waals surface area (Å²) in [6.07, 6.45) is 0. The van der Waals surface area contributed by atoms with Crippen LogP contribution in [-0.2, 0) is 6.61 Å². The van der Waals surface area contributed by atoms with Gasteiger partial charge in [-0.25, -0.2) is 9.37 Å². The summed E-state index contributed by atoms with van der Waals surface area (Å²) >= 11 is 1.45. The summed E-state index contributed by atoms with van der Waals surface area (Å²) in [6, 6.07) is 20.6. The summed E-state index contributed by atoms with van der Waals surface area (Å²) in [5.41, 5.74) is 2.34. The van der Waals surface area contributed by atoms with Crippen molar-refractivity contribution in [2.45, 2.75) is 6.61 Å². The molecule has 1 aromatic heterocycles. The average Bonchev–Trinajstić information content (AvgIpc) is 3.13. The minimum atomic E-state index is -0.306. The van der Waals surface area contributed by atoms with E-state index in [-0.39, 0.29) is 5.82 Å². The molecule has 0 amide bonds. The Morgan fingerprint density at radius 1 is 0.962 bits per heavy atom. The third kappa shape index (κ3) is 3.26. The maximum atomic E-state index is 13.9. The van der Waals surface area contributed by atoms with Crippen LogP contribution in [0.3, 0.4) is 0 Å². The van der Waals surface area contributed by atoms with Crippen molar-refractivity contribution in [1.82, 2.24) is 4.98 Å². The number of methoxy groups -OCH3 is 1. The summed E-state index contributed by atoms with van der Waals surface area (Å²) in [7, 11) is 1.61. The number of rotatable bonds is 5. The van der Waals surface area contributed by atoms with E-state index in [0.29, 0.717) is 23.6 Å². The van der Waals surface area contributed by atoms with Gasteiger partial charge in [0.05, 0.1) is 11.8 Å². The molecule has 5 heteroatoms. The highest BCUT2D eigenvalue weighted by Crippen LogP contribution is 2.36. The van der Waals surface area contributed by atoms with Gasteiger partial charge in [0.25, 0.3) is 0 Å². The zero-order valence-corrected chi connectivity index (χ0v) is 14.9. The van der Waals surface area contributed by atoms with Gasteiger partial charge in [0.15, 0.2) is 11.5 Å². The molecule has 1 heterocycles. The Morgan fingerprint density at radius 2 is 1.81 bits per heavy atom. The van der Waals surface area contributed by atoms with Crippen LogP contribution in [0.25, 0.3) is 20.8 Å². The van der Waals surface area contributed by atoms with Crippen LogP contribution in [0.4, 0.5) is 4.39 Å². The van der Waals surface area contributed by atoms with E-state index in [4.69, 9.17) is 9.47 Å². The Bertz CT molecular complexity index is 1050. The molecule has 0 saturated carbocycles. The van der Waals surface area contributed by atoms with Gasteiger partial charge in [0.1, 0.15) is 22.9 Å². The molecule has 0 unspecified atom stereocenters. The normalized spacial score (nSPS) is 10.8. The fraction of sp³-hybridized carbons (Fsp3) is 0.0952. The molecule has 0 aliphatic rings. The fourth-order valence-corrected chi connectivity index (χ4v) is 3.67. The van der Waals surface area contributed by atoms with Crippen molar-refractivity contribution >= 4 is 21.6 Å². The van der Waals surface area contributed by atoms with E-state index < -0.39 is 0 Å². The van der Waals surface area contributed by atoms with Gasteiger partial charge in [0.2, 0.25) is 0 Å². The first-order valence-corrected chi connectivity index (χ1v) is 8.96. The molecule has 0 aliphatic carbocycles. The molecule has 4 rings (SSSR count). The second-order valence-corrected chi connectivity index (χ2v) is 6.78. The van der Waals surface area contributed by atoms with Crippen molar-refractivity contribution < 1.29 is 13.9 Å². The van der Waals surface area contributed by atoms with Crippen molar-refractivity contribution in [1.29, 1.82) is 0 Å². The number of fused-ring (bicyclic) bond motifs is 1. The molecule has 0 atom stereocenters. The summed E-state index contributed by atoms with van der Waals surface area (Å²) in [5.74, 6) is 0.976. The minimum absolute atomic E-state index is 0.306. The Kier molecular flexibility index (Phi) is 4.54. The van der Waals surface area contributed by atoms with Crippen LogP contribution in [0.2, 0.25) is 0 Å². The molecule has 26 heavy (non-hydrogen) atoms. The van der Waals surface area contributed by atoms with Crippen LogP contribution in [0, 0.1) is 5.82 Å². The first-order chi connectivity index (χ1) is 12.7. The summed E-state index contributed by atoms with van der Waals surface area (Å²) in [4.78, 5) is 4.44. The highest BCUT2D eigenvalue weighted by atomic mass is 32.1. The van der Waals surface area contributed by atoms with Crippen LogP contribution < -0.4 is 9.47 Å². The quantitative estimate of drug-likeness (QED) is 0.455. The molecule has 130 valence electrons. The predicted molar refractivity (Wildman–Crippen MR) is 102 cm³/mol. The third-order valence-electron chi connectivity index (χ3n) is 4.02. The lowest BCUT2D eigenvalue weighted by molar-refractivity contribution is 0.284. The Labute approximate surface area is 154 Å². The number of para-hydroxylation sites is 1. The van der Waals surface area contributed by atoms with Crippen molar-refractivity contribution in [3.05, 3.63) is 78.1 Å². The highest BCUT2D eigenvalue weighted by Gasteiger charge is 2.13. The van der Waals surface area contributed by atoms with Crippen molar-refractivity contribution in [2.24, 2.45) is 0 Å². The van der Waals surface area contributed by atoms with Crippen LogP contribution in [-0.4, -0.2) is 12.1 Å². The monoisotopic (exact) mass is 365 g/mol. The predicted octanol–water partition coefficient (Wildman–Crippen LogP) is 5.69. The Morgan fingerprint density at radius 3 is 2.58 bits per heavy atom.